The molecule has 1 saturated carbocycles. The van der Waals surface area contributed by atoms with Crippen LogP contribution in [0.3, 0.4) is 0 Å². The Bertz CT molecular complexity index is 741. The Morgan fingerprint density at radius 2 is 2.00 bits per heavy atom. The van der Waals surface area contributed by atoms with Crippen LogP contribution in [-0.2, 0) is 4.79 Å². The average molecular weight is 286 g/mol. The fourth-order valence-electron chi connectivity index (χ4n) is 2.68. The maximum Gasteiger partial charge on any atom is 0.311 e. The Hall–Kier alpha value is -2.30. The first-order valence-electron chi connectivity index (χ1n) is 7.03. The SMILES string of the molecule is Cc1cc(C)c2cc(C(=O)NCC3(C(=O)O)CC3)[nH]c2c1. The normalized spacial score (nSPS) is 15.9. The molecule has 0 spiro atoms. The van der Waals surface area contributed by atoms with Crippen LogP contribution in [0.2, 0.25) is 0 Å². The van der Waals surface area contributed by atoms with Gasteiger partial charge in [0.05, 0.1) is 5.41 Å². The van der Waals surface area contributed by atoms with Gasteiger partial charge in [-0.15, -0.1) is 0 Å². The van der Waals surface area contributed by atoms with Crippen molar-refractivity contribution in [3.05, 3.63) is 35.0 Å². The summed E-state index contributed by atoms with van der Waals surface area (Å²) in [7, 11) is 0. The standard InChI is InChI=1S/C16H18N2O3/c1-9-5-10(2)11-7-13(18-12(11)6-9)14(19)17-8-16(3-4-16)15(20)21/h5-7,18H,3-4,8H2,1-2H3,(H,17,19)(H,20,21). The number of amides is 1. The van der Waals surface area contributed by atoms with Gasteiger partial charge in [-0.1, -0.05) is 6.07 Å². The molecule has 21 heavy (non-hydrogen) atoms. The molecule has 0 aliphatic heterocycles. The zero-order valence-electron chi connectivity index (χ0n) is 12.1. The van der Waals surface area contributed by atoms with Crippen molar-refractivity contribution < 1.29 is 14.7 Å². The quantitative estimate of drug-likeness (QED) is 0.807. The van der Waals surface area contributed by atoms with Gasteiger partial charge in [0.2, 0.25) is 0 Å². The Labute approximate surface area is 122 Å². The maximum atomic E-state index is 12.2. The Morgan fingerprint density at radius 1 is 1.29 bits per heavy atom. The lowest BCUT2D eigenvalue weighted by Gasteiger charge is -2.10. The Balaban J connectivity index is 1.79. The fraction of sp³-hybridized carbons (Fsp3) is 0.375. The second-order valence-electron chi connectivity index (χ2n) is 5.99. The molecule has 2 aromatic rings. The highest BCUT2D eigenvalue weighted by Gasteiger charge is 2.50. The average Bonchev–Trinajstić information content (AvgIpc) is 3.09. The van der Waals surface area contributed by atoms with Crippen LogP contribution < -0.4 is 5.32 Å². The molecule has 0 radical (unpaired) electrons. The highest BCUT2D eigenvalue weighted by atomic mass is 16.4. The number of hydrogen-bond donors (Lipinski definition) is 3. The molecule has 1 aliphatic rings. The van der Waals surface area contributed by atoms with E-state index in [2.05, 4.69) is 16.4 Å². The molecule has 1 fully saturated rings. The number of nitrogens with one attached hydrogen (secondary N) is 2. The van der Waals surface area contributed by atoms with Crippen LogP contribution in [0.25, 0.3) is 10.9 Å². The summed E-state index contributed by atoms with van der Waals surface area (Å²) < 4.78 is 0. The summed E-state index contributed by atoms with van der Waals surface area (Å²) >= 11 is 0. The topological polar surface area (TPSA) is 82.2 Å². The van der Waals surface area contributed by atoms with Crippen LogP contribution in [0.15, 0.2) is 18.2 Å². The number of rotatable bonds is 4. The van der Waals surface area contributed by atoms with E-state index in [0.717, 1.165) is 22.0 Å². The Morgan fingerprint density at radius 3 is 2.62 bits per heavy atom. The predicted molar refractivity (Wildman–Crippen MR) is 79.4 cm³/mol. The summed E-state index contributed by atoms with van der Waals surface area (Å²) in [5.41, 5.74) is 2.91. The van der Waals surface area contributed by atoms with E-state index in [9.17, 15) is 9.59 Å². The maximum absolute atomic E-state index is 12.2. The van der Waals surface area contributed by atoms with Crippen molar-refractivity contribution in [1.82, 2.24) is 10.3 Å². The van der Waals surface area contributed by atoms with Crippen LogP contribution in [0.4, 0.5) is 0 Å². The van der Waals surface area contributed by atoms with Crippen LogP contribution in [0, 0.1) is 19.3 Å². The number of H-pyrrole nitrogens is 1. The smallest absolute Gasteiger partial charge is 0.311 e. The molecule has 3 rings (SSSR count). The third-order valence-corrected chi connectivity index (χ3v) is 4.23. The molecule has 0 saturated heterocycles. The molecule has 1 heterocycles. The minimum atomic E-state index is -0.828. The molecule has 3 N–H and O–H groups in total. The van der Waals surface area contributed by atoms with E-state index in [4.69, 9.17) is 5.11 Å². The third kappa shape index (κ3) is 2.39. The molecule has 0 bridgehead atoms. The highest BCUT2D eigenvalue weighted by molar-refractivity contribution is 5.99. The van der Waals surface area contributed by atoms with Crippen molar-refractivity contribution in [3.63, 3.8) is 0 Å². The van der Waals surface area contributed by atoms with Gasteiger partial charge in [-0.2, -0.15) is 0 Å². The van der Waals surface area contributed by atoms with Crippen molar-refractivity contribution in [2.75, 3.05) is 6.54 Å². The van der Waals surface area contributed by atoms with E-state index in [1.54, 1.807) is 0 Å². The molecule has 1 amide bonds. The van der Waals surface area contributed by atoms with Crippen LogP contribution >= 0.6 is 0 Å². The predicted octanol–water partition coefficient (Wildman–Crippen LogP) is 2.38. The number of aliphatic carboxylic acids is 1. The minimum Gasteiger partial charge on any atom is -0.481 e. The van der Waals surface area contributed by atoms with Crippen molar-refractivity contribution in [2.45, 2.75) is 26.7 Å². The van der Waals surface area contributed by atoms with E-state index in [-0.39, 0.29) is 12.5 Å². The van der Waals surface area contributed by atoms with Gasteiger partial charge in [0, 0.05) is 17.4 Å². The minimum absolute atomic E-state index is 0.189. The summed E-state index contributed by atoms with van der Waals surface area (Å²) in [6, 6.07) is 5.89. The fourth-order valence-corrected chi connectivity index (χ4v) is 2.68. The number of aromatic nitrogens is 1. The molecular formula is C16H18N2O3. The van der Waals surface area contributed by atoms with Gasteiger partial charge >= 0.3 is 5.97 Å². The second-order valence-corrected chi connectivity index (χ2v) is 5.99. The molecule has 0 atom stereocenters. The molecule has 1 aliphatic carbocycles. The molecule has 5 heteroatoms. The Kier molecular flexibility index (Phi) is 3.01. The molecular weight excluding hydrogens is 268 g/mol. The number of fused-ring (bicyclic) bond motifs is 1. The lowest BCUT2D eigenvalue weighted by atomic mass is 10.1. The van der Waals surface area contributed by atoms with Gasteiger partial charge in [0.15, 0.2) is 0 Å². The van der Waals surface area contributed by atoms with Gasteiger partial charge in [-0.25, -0.2) is 0 Å². The summed E-state index contributed by atoms with van der Waals surface area (Å²) in [6.45, 7) is 4.21. The number of aryl methyl sites for hydroxylation is 2. The zero-order chi connectivity index (χ0) is 15.2. The highest BCUT2D eigenvalue weighted by Crippen LogP contribution is 2.45. The second kappa shape index (κ2) is 4.62. The van der Waals surface area contributed by atoms with Crippen molar-refractivity contribution in [2.24, 2.45) is 5.41 Å². The van der Waals surface area contributed by atoms with E-state index < -0.39 is 11.4 Å². The summed E-state index contributed by atoms with van der Waals surface area (Å²) in [5, 5.41) is 12.9. The molecule has 0 unspecified atom stereocenters. The van der Waals surface area contributed by atoms with Crippen molar-refractivity contribution in [3.8, 4) is 0 Å². The molecule has 1 aromatic heterocycles. The van der Waals surface area contributed by atoms with Gasteiger partial charge < -0.3 is 15.4 Å². The first-order chi connectivity index (χ1) is 9.91. The van der Waals surface area contributed by atoms with Crippen molar-refractivity contribution in [1.29, 1.82) is 0 Å². The summed E-state index contributed by atoms with van der Waals surface area (Å²) in [6.07, 6.45) is 1.27. The lowest BCUT2D eigenvalue weighted by molar-refractivity contribution is -0.143. The van der Waals surface area contributed by atoms with Gasteiger partial charge in [-0.05, 0) is 49.9 Å². The number of carbonyl (C=O) groups is 2. The number of carboxylic acid groups (broad SMARTS) is 1. The number of carboxylic acids is 1. The van der Waals surface area contributed by atoms with Gasteiger partial charge in [-0.3, -0.25) is 9.59 Å². The number of hydrogen-bond acceptors (Lipinski definition) is 2. The first-order valence-corrected chi connectivity index (χ1v) is 7.03. The first kappa shape index (κ1) is 13.7. The van der Waals surface area contributed by atoms with Crippen LogP contribution in [0.1, 0.15) is 34.5 Å². The summed E-state index contributed by atoms with van der Waals surface area (Å²) in [4.78, 5) is 26.4. The third-order valence-electron chi connectivity index (χ3n) is 4.23. The van der Waals surface area contributed by atoms with Gasteiger partial charge in [0.1, 0.15) is 5.69 Å². The molecule has 5 nitrogen and oxygen atoms in total. The number of aromatic amines is 1. The van der Waals surface area contributed by atoms with Crippen LogP contribution in [0.5, 0.6) is 0 Å². The molecule has 1 aromatic carbocycles. The van der Waals surface area contributed by atoms with Gasteiger partial charge in [0.25, 0.3) is 5.91 Å². The van der Waals surface area contributed by atoms with E-state index >= 15 is 0 Å². The van der Waals surface area contributed by atoms with E-state index in [0.29, 0.717) is 18.5 Å². The molecule has 110 valence electrons. The lowest BCUT2D eigenvalue weighted by Crippen LogP contribution is -2.34. The monoisotopic (exact) mass is 286 g/mol. The van der Waals surface area contributed by atoms with E-state index in [1.165, 1.54) is 0 Å². The number of carbonyl (C=O) groups excluding carboxylic acids is 1. The van der Waals surface area contributed by atoms with E-state index in [1.807, 2.05) is 26.0 Å². The van der Waals surface area contributed by atoms with Crippen LogP contribution in [-0.4, -0.2) is 28.5 Å². The summed E-state index contributed by atoms with van der Waals surface area (Å²) in [5.74, 6) is -1.08. The zero-order valence-corrected chi connectivity index (χ0v) is 12.1. The largest absolute Gasteiger partial charge is 0.481 e. The number of benzene rings is 1. The van der Waals surface area contributed by atoms with Crippen molar-refractivity contribution >= 4 is 22.8 Å².